The summed E-state index contributed by atoms with van der Waals surface area (Å²) in [6.07, 6.45) is 2.05. The highest BCUT2D eigenvalue weighted by Gasteiger charge is 2.15. The van der Waals surface area contributed by atoms with Crippen LogP contribution in [0.1, 0.15) is 24.8 Å². The quantitative estimate of drug-likeness (QED) is 0.871. The molecule has 1 aromatic rings. The first-order chi connectivity index (χ1) is 10.1. The highest BCUT2D eigenvalue weighted by Crippen LogP contribution is 2.10. The summed E-state index contributed by atoms with van der Waals surface area (Å²) in [5.41, 5.74) is 1.13. The van der Waals surface area contributed by atoms with Crippen LogP contribution in [0.2, 0.25) is 0 Å². The molecule has 0 radical (unpaired) electrons. The third-order valence-corrected chi connectivity index (χ3v) is 3.87. The standard InChI is InChI=1S/C16H23FN2O2.ClH/c17-15-6-4-14(5-7-15)13-19-10-2-9-18(11-12-19)8-1-3-16(20)21;/h4-7H,1-3,8-13H2,(H,20,21);1H. The molecule has 6 heteroatoms. The zero-order chi connectivity index (χ0) is 15.1. The van der Waals surface area contributed by atoms with Crippen molar-refractivity contribution in [3.8, 4) is 0 Å². The second-order valence-electron chi connectivity index (χ2n) is 5.60. The van der Waals surface area contributed by atoms with Gasteiger partial charge < -0.3 is 10.0 Å². The lowest BCUT2D eigenvalue weighted by Crippen LogP contribution is -2.31. The van der Waals surface area contributed by atoms with Crippen molar-refractivity contribution in [1.82, 2.24) is 9.80 Å². The maximum Gasteiger partial charge on any atom is 0.303 e. The van der Waals surface area contributed by atoms with Crippen LogP contribution in [0.3, 0.4) is 0 Å². The van der Waals surface area contributed by atoms with Crippen molar-refractivity contribution < 1.29 is 14.3 Å². The molecule has 0 atom stereocenters. The van der Waals surface area contributed by atoms with Gasteiger partial charge in [-0.1, -0.05) is 12.1 Å². The molecule has 1 aromatic carbocycles. The van der Waals surface area contributed by atoms with Gasteiger partial charge >= 0.3 is 5.97 Å². The fourth-order valence-corrected chi connectivity index (χ4v) is 2.71. The Morgan fingerprint density at radius 3 is 2.41 bits per heavy atom. The van der Waals surface area contributed by atoms with Crippen molar-refractivity contribution in [2.75, 3.05) is 32.7 Å². The third kappa shape index (κ3) is 6.73. The first-order valence-electron chi connectivity index (χ1n) is 7.54. The van der Waals surface area contributed by atoms with Gasteiger partial charge in [0.25, 0.3) is 0 Å². The van der Waals surface area contributed by atoms with Crippen molar-refractivity contribution in [1.29, 1.82) is 0 Å². The van der Waals surface area contributed by atoms with E-state index < -0.39 is 5.97 Å². The highest BCUT2D eigenvalue weighted by atomic mass is 35.5. The van der Waals surface area contributed by atoms with Gasteiger partial charge in [-0.3, -0.25) is 9.69 Å². The third-order valence-electron chi connectivity index (χ3n) is 3.87. The van der Waals surface area contributed by atoms with E-state index in [-0.39, 0.29) is 24.6 Å². The summed E-state index contributed by atoms with van der Waals surface area (Å²) in [4.78, 5) is 15.3. The zero-order valence-corrected chi connectivity index (χ0v) is 13.5. The minimum Gasteiger partial charge on any atom is -0.481 e. The molecule has 1 aliphatic rings. The van der Waals surface area contributed by atoms with E-state index in [2.05, 4.69) is 9.80 Å². The molecule has 2 rings (SSSR count). The molecular weight excluding hydrogens is 307 g/mol. The molecule has 0 spiro atoms. The number of carbonyl (C=O) groups is 1. The van der Waals surface area contributed by atoms with Gasteiger partial charge in [-0.25, -0.2) is 4.39 Å². The predicted octanol–water partition coefficient (Wildman–Crippen LogP) is 2.62. The maximum atomic E-state index is 12.9. The van der Waals surface area contributed by atoms with Gasteiger partial charge in [0.05, 0.1) is 0 Å². The Labute approximate surface area is 137 Å². The Hall–Kier alpha value is -1.17. The fraction of sp³-hybridized carbons (Fsp3) is 0.562. The minimum atomic E-state index is -0.720. The van der Waals surface area contributed by atoms with E-state index >= 15 is 0 Å². The van der Waals surface area contributed by atoms with Gasteiger partial charge in [0.2, 0.25) is 0 Å². The second-order valence-corrected chi connectivity index (χ2v) is 5.60. The first-order valence-corrected chi connectivity index (χ1v) is 7.54. The molecule has 1 heterocycles. The number of aliphatic carboxylic acids is 1. The number of hydrogen-bond donors (Lipinski definition) is 1. The van der Waals surface area contributed by atoms with Gasteiger partial charge in [-0.05, 0) is 50.2 Å². The summed E-state index contributed by atoms with van der Waals surface area (Å²) < 4.78 is 12.9. The van der Waals surface area contributed by atoms with Crippen LogP contribution >= 0.6 is 12.4 Å². The average molecular weight is 331 g/mol. The fourth-order valence-electron chi connectivity index (χ4n) is 2.71. The molecule has 1 aliphatic heterocycles. The van der Waals surface area contributed by atoms with E-state index in [0.717, 1.165) is 51.3 Å². The Bertz CT molecular complexity index is 456. The summed E-state index contributed by atoms with van der Waals surface area (Å²) in [5.74, 6) is -0.915. The van der Waals surface area contributed by atoms with E-state index in [9.17, 15) is 9.18 Å². The summed E-state index contributed by atoms with van der Waals surface area (Å²) in [6.45, 7) is 5.72. The molecule has 0 amide bonds. The molecule has 4 nitrogen and oxygen atoms in total. The van der Waals surface area contributed by atoms with Crippen molar-refractivity contribution in [2.24, 2.45) is 0 Å². The molecule has 1 saturated heterocycles. The molecule has 0 aromatic heterocycles. The number of carboxylic acids is 1. The molecule has 1 fully saturated rings. The van der Waals surface area contributed by atoms with Crippen molar-refractivity contribution in [2.45, 2.75) is 25.8 Å². The van der Waals surface area contributed by atoms with E-state index in [1.807, 2.05) is 12.1 Å². The summed E-state index contributed by atoms with van der Waals surface area (Å²) in [7, 11) is 0. The smallest absolute Gasteiger partial charge is 0.303 e. The van der Waals surface area contributed by atoms with E-state index in [1.165, 1.54) is 12.1 Å². The number of halogens is 2. The Morgan fingerprint density at radius 2 is 1.73 bits per heavy atom. The van der Waals surface area contributed by atoms with Crippen LogP contribution in [0.15, 0.2) is 24.3 Å². The summed E-state index contributed by atoms with van der Waals surface area (Å²) in [5, 5.41) is 8.67. The van der Waals surface area contributed by atoms with Gasteiger partial charge in [-0.2, -0.15) is 0 Å². The number of rotatable bonds is 6. The predicted molar refractivity (Wildman–Crippen MR) is 86.9 cm³/mol. The van der Waals surface area contributed by atoms with Crippen LogP contribution < -0.4 is 0 Å². The van der Waals surface area contributed by atoms with Gasteiger partial charge in [0.1, 0.15) is 5.82 Å². The van der Waals surface area contributed by atoms with Crippen molar-refractivity contribution in [3.63, 3.8) is 0 Å². The summed E-state index contributed by atoms with van der Waals surface area (Å²) in [6, 6.07) is 6.69. The lowest BCUT2D eigenvalue weighted by molar-refractivity contribution is -0.137. The number of hydrogen-bond acceptors (Lipinski definition) is 3. The molecule has 0 aliphatic carbocycles. The lowest BCUT2D eigenvalue weighted by atomic mass is 10.2. The van der Waals surface area contributed by atoms with Crippen LogP contribution in [0.25, 0.3) is 0 Å². The van der Waals surface area contributed by atoms with Crippen molar-refractivity contribution in [3.05, 3.63) is 35.6 Å². The van der Waals surface area contributed by atoms with E-state index in [0.29, 0.717) is 6.42 Å². The Morgan fingerprint density at radius 1 is 1.09 bits per heavy atom. The number of carboxylic acid groups (broad SMARTS) is 1. The van der Waals surface area contributed by atoms with Crippen LogP contribution in [0, 0.1) is 5.82 Å². The molecule has 22 heavy (non-hydrogen) atoms. The Balaban J connectivity index is 0.00000242. The first kappa shape index (κ1) is 18.9. The average Bonchev–Trinajstić information content (AvgIpc) is 2.67. The molecule has 1 N–H and O–H groups in total. The normalized spacial score (nSPS) is 16.8. The van der Waals surface area contributed by atoms with Crippen LogP contribution in [0.4, 0.5) is 4.39 Å². The SMILES string of the molecule is Cl.O=C(O)CCCN1CCCN(Cc2ccc(F)cc2)CC1. The zero-order valence-electron chi connectivity index (χ0n) is 12.7. The molecule has 0 unspecified atom stereocenters. The maximum absolute atomic E-state index is 12.9. The number of nitrogens with zero attached hydrogens (tertiary/aromatic N) is 2. The molecule has 0 saturated carbocycles. The molecule has 0 bridgehead atoms. The second kappa shape index (κ2) is 9.77. The Kier molecular flexibility index (Phi) is 8.38. The summed E-state index contributed by atoms with van der Waals surface area (Å²) >= 11 is 0. The topological polar surface area (TPSA) is 43.8 Å². The highest BCUT2D eigenvalue weighted by molar-refractivity contribution is 5.85. The van der Waals surface area contributed by atoms with Gasteiger partial charge in [-0.15, -0.1) is 12.4 Å². The van der Waals surface area contributed by atoms with Crippen molar-refractivity contribution >= 4 is 18.4 Å². The van der Waals surface area contributed by atoms with Crippen LogP contribution in [-0.2, 0) is 11.3 Å². The lowest BCUT2D eigenvalue weighted by Gasteiger charge is -2.21. The van der Waals surface area contributed by atoms with E-state index in [4.69, 9.17) is 5.11 Å². The molecular formula is C16H24ClFN2O2. The van der Waals surface area contributed by atoms with Gasteiger partial charge in [0.15, 0.2) is 0 Å². The molecule has 124 valence electrons. The van der Waals surface area contributed by atoms with Gasteiger partial charge in [0, 0.05) is 26.1 Å². The van der Waals surface area contributed by atoms with Crippen LogP contribution in [-0.4, -0.2) is 53.6 Å². The number of benzene rings is 1. The van der Waals surface area contributed by atoms with E-state index in [1.54, 1.807) is 0 Å². The monoisotopic (exact) mass is 330 g/mol. The minimum absolute atomic E-state index is 0. The van der Waals surface area contributed by atoms with Crippen LogP contribution in [0.5, 0.6) is 0 Å². The largest absolute Gasteiger partial charge is 0.481 e.